The molecule has 0 aliphatic carbocycles. The van der Waals surface area contributed by atoms with Crippen molar-refractivity contribution in [2.75, 3.05) is 46.9 Å². The molecule has 2 aromatic rings. The van der Waals surface area contributed by atoms with Crippen LogP contribution >= 0.6 is 24.0 Å². The fraction of sp³-hybridized carbons (Fsp3) is 0.500. The number of methoxy groups -OCH3 is 1. The van der Waals surface area contributed by atoms with E-state index >= 15 is 0 Å². The second kappa shape index (κ2) is 11.3. The summed E-state index contributed by atoms with van der Waals surface area (Å²) in [5.41, 5.74) is 2.13. The van der Waals surface area contributed by atoms with Crippen LogP contribution in [0.5, 0.6) is 5.75 Å². The number of aliphatic imine (C=N–C) groups is 1. The van der Waals surface area contributed by atoms with Gasteiger partial charge in [0, 0.05) is 52.5 Å². The molecule has 1 aromatic carbocycles. The maximum Gasteiger partial charge on any atom is 0.193 e. The number of aryl methyl sites for hydroxylation is 1. The van der Waals surface area contributed by atoms with Gasteiger partial charge in [0.1, 0.15) is 0 Å². The van der Waals surface area contributed by atoms with E-state index in [1.165, 1.54) is 7.11 Å². The van der Waals surface area contributed by atoms with E-state index in [9.17, 15) is 4.39 Å². The Balaban J connectivity index is 0.00000300. The van der Waals surface area contributed by atoms with E-state index in [4.69, 9.17) is 4.74 Å². The Kier molecular flexibility index (Phi) is 9.15. The van der Waals surface area contributed by atoms with Gasteiger partial charge in [-0.1, -0.05) is 6.07 Å². The number of ether oxygens (including phenoxy) is 1. The first-order valence-corrected chi connectivity index (χ1v) is 9.58. The van der Waals surface area contributed by atoms with E-state index in [1.807, 2.05) is 37.1 Å². The largest absolute Gasteiger partial charge is 0.494 e. The molecule has 29 heavy (non-hydrogen) atoms. The van der Waals surface area contributed by atoms with E-state index in [-0.39, 0.29) is 35.5 Å². The molecule has 0 atom stereocenters. The minimum atomic E-state index is -0.310. The Morgan fingerprint density at radius 3 is 2.62 bits per heavy atom. The minimum Gasteiger partial charge on any atom is -0.494 e. The van der Waals surface area contributed by atoms with Crippen LogP contribution in [0.1, 0.15) is 11.1 Å². The minimum absolute atomic E-state index is 0. The van der Waals surface area contributed by atoms with E-state index in [2.05, 4.69) is 25.2 Å². The second-order valence-corrected chi connectivity index (χ2v) is 6.99. The quantitative estimate of drug-likeness (QED) is 0.363. The van der Waals surface area contributed by atoms with Crippen molar-refractivity contribution < 1.29 is 9.13 Å². The molecule has 1 fully saturated rings. The second-order valence-electron chi connectivity index (χ2n) is 6.99. The Morgan fingerprint density at radius 1 is 1.28 bits per heavy atom. The summed E-state index contributed by atoms with van der Waals surface area (Å²) in [6.07, 6.45) is 3.90. The molecule has 0 spiro atoms. The fourth-order valence-electron chi connectivity index (χ4n) is 3.39. The molecular formula is C20H30FIN6O. The summed E-state index contributed by atoms with van der Waals surface area (Å²) in [5.74, 6) is 0.892. The summed E-state index contributed by atoms with van der Waals surface area (Å²) in [7, 11) is 3.29. The number of aromatic nitrogens is 2. The van der Waals surface area contributed by atoms with Gasteiger partial charge in [-0.3, -0.25) is 14.6 Å². The molecule has 7 nitrogen and oxygen atoms in total. The average molecular weight is 516 g/mol. The summed E-state index contributed by atoms with van der Waals surface area (Å²) in [6, 6.07) is 5.17. The van der Waals surface area contributed by atoms with Gasteiger partial charge < -0.3 is 15.0 Å². The van der Waals surface area contributed by atoms with Gasteiger partial charge in [0.15, 0.2) is 17.5 Å². The number of nitrogens with zero attached hydrogens (tertiary/aromatic N) is 5. The standard InChI is InChI=1S/C20H29FN6O.HI/c1-16-13-24-27(14-16)7-6-23-20(22-2)26-10-8-25(9-11-26)15-17-4-5-19(28-3)18(21)12-17;/h4-5,12-14H,6-11,15H2,1-3H3,(H,22,23);1H. The van der Waals surface area contributed by atoms with Crippen molar-refractivity contribution in [3.63, 3.8) is 0 Å². The van der Waals surface area contributed by atoms with Gasteiger partial charge in [0.05, 0.1) is 19.9 Å². The highest BCUT2D eigenvalue weighted by Gasteiger charge is 2.20. The summed E-state index contributed by atoms with van der Waals surface area (Å²) >= 11 is 0. The molecule has 1 aliphatic heterocycles. The zero-order valence-corrected chi connectivity index (χ0v) is 19.6. The zero-order chi connectivity index (χ0) is 19.9. The number of hydrogen-bond donors (Lipinski definition) is 1. The molecule has 2 heterocycles. The molecule has 1 saturated heterocycles. The molecule has 1 aromatic heterocycles. The van der Waals surface area contributed by atoms with Gasteiger partial charge in [-0.2, -0.15) is 5.10 Å². The first-order chi connectivity index (χ1) is 13.6. The van der Waals surface area contributed by atoms with E-state index in [0.717, 1.165) is 62.9 Å². The van der Waals surface area contributed by atoms with Crippen LogP contribution in [0.15, 0.2) is 35.6 Å². The lowest BCUT2D eigenvalue weighted by molar-refractivity contribution is 0.172. The predicted octanol–water partition coefficient (Wildman–Crippen LogP) is 2.35. The van der Waals surface area contributed by atoms with Gasteiger partial charge >= 0.3 is 0 Å². The van der Waals surface area contributed by atoms with Crippen LogP contribution in [0, 0.1) is 12.7 Å². The number of benzene rings is 1. The summed E-state index contributed by atoms with van der Waals surface area (Å²) < 4.78 is 20.8. The van der Waals surface area contributed by atoms with Crippen molar-refractivity contribution in [1.82, 2.24) is 24.9 Å². The highest BCUT2D eigenvalue weighted by Crippen LogP contribution is 2.19. The number of halogens is 2. The lowest BCUT2D eigenvalue weighted by Crippen LogP contribution is -2.52. The molecular weight excluding hydrogens is 486 g/mol. The van der Waals surface area contributed by atoms with Crippen molar-refractivity contribution in [3.8, 4) is 5.75 Å². The Hall–Kier alpha value is -1.88. The summed E-state index contributed by atoms with van der Waals surface area (Å²) in [6.45, 7) is 7.95. The van der Waals surface area contributed by atoms with Crippen LogP contribution in [-0.4, -0.2) is 72.4 Å². The van der Waals surface area contributed by atoms with Gasteiger partial charge in [-0.05, 0) is 30.2 Å². The van der Waals surface area contributed by atoms with Crippen molar-refractivity contribution in [2.45, 2.75) is 20.0 Å². The molecule has 3 rings (SSSR count). The van der Waals surface area contributed by atoms with Crippen LogP contribution in [0.2, 0.25) is 0 Å². The van der Waals surface area contributed by atoms with Crippen LogP contribution in [0.25, 0.3) is 0 Å². The highest BCUT2D eigenvalue weighted by molar-refractivity contribution is 14.0. The number of piperazine rings is 1. The third-order valence-electron chi connectivity index (χ3n) is 4.89. The smallest absolute Gasteiger partial charge is 0.193 e. The summed E-state index contributed by atoms with van der Waals surface area (Å²) in [4.78, 5) is 9.00. The molecule has 1 aliphatic rings. The van der Waals surface area contributed by atoms with Gasteiger partial charge in [-0.25, -0.2) is 4.39 Å². The Morgan fingerprint density at radius 2 is 2.03 bits per heavy atom. The van der Waals surface area contributed by atoms with E-state index < -0.39 is 0 Å². The topological polar surface area (TPSA) is 57.9 Å². The molecule has 1 N–H and O–H groups in total. The van der Waals surface area contributed by atoms with Crippen LogP contribution in [0.3, 0.4) is 0 Å². The maximum atomic E-state index is 13.9. The molecule has 0 saturated carbocycles. The lowest BCUT2D eigenvalue weighted by atomic mass is 10.2. The van der Waals surface area contributed by atoms with Gasteiger partial charge in [0.25, 0.3) is 0 Å². The summed E-state index contributed by atoms with van der Waals surface area (Å²) in [5, 5.41) is 7.71. The van der Waals surface area contributed by atoms with Crippen molar-refractivity contribution in [2.24, 2.45) is 4.99 Å². The molecule has 0 bridgehead atoms. The predicted molar refractivity (Wildman–Crippen MR) is 124 cm³/mol. The Labute approximate surface area is 188 Å². The zero-order valence-electron chi connectivity index (χ0n) is 17.3. The van der Waals surface area contributed by atoms with E-state index in [0.29, 0.717) is 0 Å². The van der Waals surface area contributed by atoms with Gasteiger partial charge in [0.2, 0.25) is 0 Å². The maximum absolute atomic E-state index is 13.9. The molecule has 9 heteroatoms. The van der Waals surface area contributed by atoms with Gasteiger partial charge in [-0.15, -0.1) is 24.0 Å². The number of rotatable bonds is 6. The monoisotopic (exact) mass is 516 g/mol. The van der Waals surface area contributed by atoms with Crippen molar-refractivity contribution in [3.05, 3.63) is 47.5 Å². The SMILES string of the molecule is CN=C(NCCn1cc(C)cn1)N1CCN(Cc2ccc(OC)c(F)c2)CC1.I. The molecule has 160 valence electrons. The number of guanidine groups is 1. The third kappa shape index (κ3) is 6.56. The molecule has 0 amide bonds. The normalized spacial score (nSPS) is 15.2. The third-order valence-corrected chi connectivity index (χ3v) is 4.89. The molecule has 0 radical (unpaired) electrons. The van der Waals surface area contributed by atoms with Crippen molar-refractivity contribution in [1.29, 1.82) is 0 Å². The first-order valence-electron chi connectivity index (χ1n) is 9.58. The fourth-order valence-corrected chi connectivity index (χ4v) is 3.39. The highest BCUT2D eigenvalue weighted by atomic mass is 127. The Bertz CT molecular complexity index is 804. The van der Waals surface area contributed by atoms with Crippen LogP contribution in [0.4, 0.5) is 4.39 Å². The lowest BCUT2D eigenvalue weighted by Gasteiger charge is -2.36. The molecule has 0 unspecified atom stereocenters. The average Bonchev–Trinajstić information content (AvgIpc) is 3.11. The van der Waals surface area contributed by atoms with Crippen molar-refractivity contribution >= 4 is 29.9 Å². The van der Waals surface area contributed by atoms with E-state index in [1.54, 1.807) is 12.1 Å². The first kappa shape index (κ1) is 23.4. The number of nitrogens with one attached hydrogen (secondary N) is 1. The van der Waals surface area contributed by atoms with Crippen LogP contribution < -0.4 is 10.1 Å². The van der Waals surface area contributed by atoms with Crippen LogP contribution in [-0.2, 0) is 13.1 Å². The number of hydrogen-bond acceptors (Lipinski definition) is 4.